The number of hydrogen-bond acceptors (Lipinski definition) is 6. The van der Waals surface area contributed by atoms with Crippen LogP contribution in [0.4, 0.5) is 14.7 Å². The summed E-state index contributed by atoms with van der Waals surface area (Å²) in [5, 5.41) is 4.52. The maximum Gasteiger partial charge on any atom is 0.267 e. The lowest BCUT2D eigenvalue weighted by atomic mass is 10.0. The summed E-state index contributed by atoms with van der Waals surface area (Å²) in [7, 11) is 2.13. The first-order chi connectivity index (χ1) is 16.9. The Morgan fingerprint density at radius 1 is 1.11 bits per heavy atom. The van der Waals surface area contributed by atoms with E-state index in [0.29, 0.717) is 18.5 Å². The second kappa shape index (κ2) is 8.71. The molecule has 0 radical (unpaired) electrons. The van der Waals surface area contributed by atoms with Gasteiger partial charge in [0.05, 0.1) is 18.3 Å². The minimum absolute atomic E-state index is 0.199. The molecule has 0 atom stereocenters. The number of ether oxygens (including phenoxy) is 1. The van der Waals surface area contributed by atoms with Crippen molar-refractivity contribution < 1.29 is 13.5 Å². The van der Waals surface area contributed by atoms with Crippen LogP contribution < -0.4 is 10.1 Å². The lowest BCUT2D eigenvalue weighted by molar-refractivity contribution is -0.00831. The van der Waals surface area contributed by atoms with E-state index in [9.17, 15) is 8.78 Å². The highest BCUT2D eigenvalue weighted by atomic mass is 19.3. The number of piperidine rings is 1. The molecule has 182 valence electrons. The molecule has 4 aromatic rings. The first-order valence-electron chi connectivity index (χ1n) is 12.2. The van der Waals surface area contributed by atoms with Crippen LogP contribution in [-0.4, -0.2) is 63.5 Å². The van der Waals surface area contributed by atoms with E-state index in [1.807, 2.05) is 24.4 Å². The molecule has 0 amide bonds. The van der Waals surface area contributed by atoms with E-state index in [0.717, 1.165) is 59.1 Å². The first-order valence-corrected chi connectivity index (χ1v) is 12.2. The van der Waals surface area contributed by atoms with Gasteiger partial charge in [-0.2, -0.15) is 4.98 Å². The number of pyridine rings is 1. The van der Waals surface area contributed by atoms with E-state index in [1.165, 1.54) is 0 Å². The molecule has 1 aliphatic carbocycles. The molecule has 9 heteroatoms. The fourth-order valence-corrected chi connectivity index (χ4v) is 4.72. The number of rotatable bonds is 7. The van der Waals surface area contributed by atoms with Crippen LogP contribution in [0.15, 0.2) is 42.9 Å². The lowest BCUT2D eigenvalue weighted by Gasteiger charge is -2.29. The van der Waals surface area contributed by atoms with Gasteiger partial charge in [0, 0.05) is 47.7 Å². The number of aromatic amines is 1. The van der Waals surface area contributed by atoms with Crippen molar-refractivity contribution in [3.63, 3.8) is 0 Å². The van der Waals surface area contributed by atoms with Gasteiger partial charge in [-0.05, 0) is 56.5 Å². The Bertz CT molecular complexity index is 1360. The SMILES string of the molecule is CN1CCC(Oc2cnc3ccc(-c4c[nH]c5nc(NCC(F)(F)C6CC6)ncc45)cc3c2)CC1. The molecule has 1 saturated carbocycles. The number of halogens is 2. The third kappa shape index (κ3) is 4.65. The molecule has 7 nitrogen and oxygen atoms in total. The molecule has 3 aromatic heterocycles. The van der Waals surface area contributed by atoms with Crippen LogP contribution in [0.5, 0.6) is 5.75 Å². The highest BCUT2D eigenvalue weighted by Crippen LogP contribution is 2.43. The second-order valence-electron chi connectivity index (χ2n) is 9.75. The zero-order valence-corrected chi connectivity index (χ0v) is 19.6. The van der Waals surface area contributed by atoms with Gasteiger partial charge >= 0.3 is 0 Å². The molecule has 0 unspecified atom stereocenters. The number of hydrogen-bond donors (Lipinski definition) is 2. The second-order valence-corrected chi connectivity index (χ2v) is 9.75. The average molecular weight is 479 g/mol. The van der Waals surface area contributed by atoms with Crippen LogP contribution in [0.2, 0.25) is 0 Å². The van der Waals surface area contributed by atoms with Gasteiger partial charge in [-0.25, -0.2) is 13.8 Å². The topological polar surface area (TPSA) is 79.0 Å². The van der Waals surface area contributed by atoms with Gasteiger partial charge in [-0.1, -0.05) is 6.07 Å². The number of H-pyrrole nitrogens is 1. The number of nitrogens with one attached hydrogen (secondary N) is 2. The van der Waals surface area contributed by atoms with Gasteiger partial charge in [-0.3, -0.25) is 4.98 Å². The Kier molecular flexibility index (Phi) is 5.51. The summed E-state index contributed by atoms with van der Waals surface area (Å²) in [6.45, 7) is 1.63. The summed E-state index contributed by atoms with van der Waals surface area (Å²) in [4.78, 5) is 18.7. The van der Waals surface area contributed by atoms with Gasteiger partial charge < -0.3 is 19.9 Å². The number of aromatic nitrogens is 4. The smallest absolute Gasteiger partial charge is 0.267 e. The van der Waals surface area contributed by atoms with E-state index >= 15 is 0 Å². The monoisotopic (exact) mass is 478 g/mol. The van der Waals surface area contributed by atoms with E-state index in [4.69, 9.17) is 4.74 Å². The quantitative estimate of drug-likeness (QED) is 0.385. The maximum atomic E-state index is 14.0. The fourth-order valence-electron chi connectivity index (χ4n) is 4.72. The normalized spacial score (nSPS) is 17.8. The third-order valence-electron chi connectivity index (χ3n) is 7.02. The molecule has 6 rings (SSSR count). The number of benzene rings is 1. The number of fused-ring (bicyclic) bond motifs is 2. The molecule has 4 heterocycles. The summed E-state index contributed by atoms with van der Waals surface area (Å²) in [5.74, 6) is -2.27. The molecule has 0 spiro atoms. The summed E-state index contributed by atoms with van der Waals surface area (Å²) >= 11 is 0. The van der Waals surface area contributed by atoms with Crippen LogP contribution >= 0.6 is 0 Å². The highest BCUT2D eigenvalue weighted by Gasteiger charge is 2.46. The summed E-state index contributed by atoms with van der Waals surface area (Å²) in [6, 6.07) is 8.11. The molecule has 1 saturated heterocycles. The summed E-state index contributed by atoms with van der Waals surface area (Å²) in [6.07, 6.45) is 8.75. The third-order valence-corrected chi connectivity index (χ3v) is 7.02. The van der Waals surface area contributed by atoms with Crippen LogP contribution in [-0.2, 0) is 0 Å². The molecular weight excluding hydrogens is 450 g/mol. The molecule has 1 aliphatic heterocycles. The lowest BCUT2D eigenvalue weighted by Crippen LogP contribution is -2.35. The Balaban J connectivity index is 1.22. The van der Waals surface area contributed by atoms with E-state index in [2.05, 4.69) is 43.3 Å². The van der Waals surface area contributed by atoms with Crippen molar-refractivity contribution in [2.75, 3.05) is 32.0 Å². The van der Waals surface area contributed by atoms with Crippen molar-refractivity contribution in [2.24, 2.45) is 5.92 Å². The summed E-state index contributed by atoms with van der Waals surface area (Å²) in [5.41, 5.74) is 3.43. The van der Waals surface area contributed by atoms with Gasteiger partial charge in [0.25, 0.3) is 5.92 Å². The molecule has 2 fully saturated rings. The van der Waals surface area contributed by atoms with Gasteiger partial charge in [-0.15, -0.1) is 0 Å². The van der Waals surface area contributed by atoms with Gasteiger partial charge in [0.2, 0.25) is 5.95 Å². The Hall–Kier alpha value is -3.33. The average Bonchev–Trinajstić information content (AvgIpc) is 3.65. The maximum absolute atomic E-state index is 14.0. The predicted molar refractivity (Wildman–Crippen MR) is 132 cm³/mol. The van der Waals surface area contributed by atoms with Crippen molar-refractivity contribution in [1.82, 2.24) is 24.8 Å². The van der Waals surface area contributed by atoms with Gasteiger partial charge in [0.15, 0.2) is 0 Å². The number of likely N-dealkylation sites (tertiary alicyclic amines) is 1. The Morgan fingerprint density at radius 2 is 1.94 bits per heavy atom. The Labute approximate surface area is 201 Å². The number of alkyl halides is 2. The number of anilines is 1. The largest absolute Gasteiger partial charge is 0.489 e. The zero-order valence-electron chi connectivity index (χ0n) is 19.6. The van der Waals surface area contributed by atoms with Gasteiger partial charge in [0.1, 0.15) is 17.5 Å². The van der Waals surface area contributed by atoms with Crippen LogP contribution in [0, 0.1) is 5.92 Å². The summed E-state index contributed by atoms with van der Waals surface area (Å²) < 4.78 is 34.2. The molecule has 2 N–H and O–H groups in total. The van der Waals surface area contributed by atoms with Crippen molar-refractivity contribution in [2.45, 2.75) is 37.7 Å². The van der Waals surface area contributed by atoms with Crippen molar-refractivity contribution in [3.05, 3.63) is 42.9 Å². The first kappa shape index (κ1) is 22.2. The van der Waals surface area contributed by atoms with E-state index < -0.39 is 18.4 Å². The van der Waals surface area contributed by atoms with Crippen molar-refractivity contribution >= 4 is 27.9 Å². The zero-order chi connectivity index (χ0) is 24.0. The van der Waals surface area contributed by atoms with Crippen LogP contribution in [0.25, 0.3) is 33.1 Å². The number of nitrogens with zero attached hydrogens (tertiary/aromatic N) is 4. The minimum Gasteiger partial charge on any atom is -0.489 e. The predicted octanol–water partition coefficient (Wildman–Crippen LogP) is 5.10. The molecule has 0 bridgehead atoms. The fraction of sp³-hybridized carbons (Fsp3) is 0.423. The Morgan fingerprint density at radius 3 is 2.74 bits per heavy atom. The van der Waals surface area contributed by atoms with Crippen LogP contribution in [0.1, 0.15) is 25.7 Å². The van der Waals surface area contributed by atoms with Crippen molar-refractivity contribution in [3.8, 4) is 16.9 Å². The standard InChI is InChI=1S/C26H28F2N6O/c1-34-8-6-19(7-9-34)35-20-11-17-10-16(2-5-23(17)29-12-20)21-13-30-24-22(21)14-31-25(33-24)32-15-26(27,28)18-3-4-18/h2,5,10-14,18-19H,3-4,6-9,15H2,1H3,(H2,30,31,32,33). The van der Waals surface area contributed by atoms with Crippen LogP contribution in [0.3, 0.4) is 0 Å². The highest BCUT2D eigenvalue weighted by molar-refractivity contribution is 5.96. The molecule has 35 heavy (non-hydrogen) atoms. The van der Waals surface area contributed by atoms with Crippen molar-refractivity contribution in [1.29, 1.82) is 0 Å². The van der Waals surface area contributed by atoms with E-state index in [-0.39, 0.29) is 12.1 Å². The molecule has 1 aromatic carbocycles. The minimum atomic E-state index is -2.73. The molecular formula is C26H28F2N6O. The van der Waals surface area contributed by atoms with E-state index in [1.54, 1.807) is 12.4 Å². The molecule has 2 aliphatic rings.